The molecule has 3 nitrogen and oxygen atoms in total. The monoisotopic (exact) mass is 263 g/mol. The lowest BCUT2D eigenvalue weighted by Crippen LogP contribution is -2.35. The van der Waals surface area contributed by atoms with Gasteiger partial charge in [-0.1, -0.05) is 26.0 Å². The first kappa shape index (κ1) is 14.4. The third kappa shape index (κ3) is 3.71. The van der Waals surface area contributed by atoms with E-state index in [9.17, 15) is 5.11 Å². The van der Waals surface area contributed by atoms with Gasteiger partial charge in [-0.3, -0.25) is 0 Å². The molecule has 1 N–H and O–H groups in total. The fraction of sp³-hybridized carbons (Fsp3) is 0.625. The van der Waals surface area contributed by atoms with E-state index < -0.39 is 0 Å². The highest BCUT2D eigenvalue weighted by atomic mass is 16.5. The zero-order valence-corrected chi connectivity index (χ0v) is 12.2. The molecule has 0 radical (unpaired) electrons. The first-order valence-corrected chi connectivity index (χ1v) is 7.08. The maximum atomic E-state index is 9.37. The molecular formula is C16H25NO2. The van der Waals surface area contributed by atoms with Crippen molar-refractivity contribution < 1.29 is 9.84 Å². The average Bonchev–Trinajstić information content (AvgIpc) is 2.42. The van der Waals surface area contributed by atoms with Crippen LogP contribution in [0.3, 0.4) is 0 Å². The lowest BCUT2D eigenvalue weighted by atomic mass is 9.86. The van der Waals surface area contributed by atoms with Crippen LogP contribution in [0.15, 0.2) is 24.3 Å². The highest BCUT2D eigenvalue weighted by Crippen LogP contribution is 2.25. The number of hydrogen-bond donors (Lipinski definition) is 1. The van der Waals surface area contributed by atoms with Crippen molar-refractivity contribution in [2.75, 3.05) is 26.7 Å². The number of likely N-dealkylation sites (tertiary alicyclic amines) is 1. The number of rotatable bonds is 4. The minimum absolute atomic E-state index is 0.155. The second kappa shape index (κ2) is 5.93. The van der Waals surface area contributed by atoms with Crippen molar-refractivity contribution in [1.29, 1.82) is 0 Å². The van der Waals surface area contributed by atoms with Gasteiger partial charge in [-0.2, -0.15) is 0 Å². The molecule has 0 aliphatic carbocycles. The van der Waals surface area contributed by atoms with Gasteiger partial charge in [0.05, 0.1) is 6.61 Å². The quantitative estimate of drug-likeness (QED) is 0.905. The highest BCUT2D eigenvalue weighted by Gasteiger charge is 2.20. The van der Waals surface area contributed by atoms with Crippen LogP contribution in [-0.4, -0.2) is 42.9 Å². The lowest BCUT2D eigenvalue weighted by molar-refractivity contribution is 0.114. The van der Waals surface area contributed by atoms with E-state index in [0.717, 1.165) is 37.2 Å². The van der Waals surface area contributed by atoms with Gasteiger partial charge in [0.25, 0.3) is 0 Å². The summed E-state index contributed by atoms with van der Waals surface area (Å²) >= 11 is 0. The third-order valence-corrected chi connectivity index (χ3v) is 4.00. The number of aliphatic hydroxyl groups is 1. The lowest BCUT2D eigenvalue weighted by Gasteiger charge is -2.29. The molecular weight excluding hydrogens is 238 g/mol. The van der Waals surface area contributed by atoms with E-state index >= 15 is 0 Å². The Morgan fingerprint density at radius 1 is 1.21 bits per heavy atom. The average molecular weight is 263 g/mol. The zero-order chi connectivity index (χ0) is 13.9. The van der Waals surface area contributed by atoms with Crippen LogP contribution < -0.4 is 4.74 Å². The summed E-state index contributed by atoms with van der Waals surface area (Å²) in [5.74, 6) is 0.937. The maximum absolute atomic E-state index is 9.37. The Labute approximate surface area is 116 Å². The zero-order valence-electron chi connectivity index (χ0n) is 12.2. The standard InChI is InChI=1S/C16H25NO2/c1-16(2,12-18)13-4-6-14(7-5-13)19-15-8-10-17(3)11-9-15/h4-7,15,18H,8-12H2,1-3H3. The summed E-state index contributed by atoms with van der Waals surface area (Å²) in [7, 11) is 2.15. The minimum atomic E-state index is -0.188. The Balaban J connectivity index is 1.95. The fourth-order valence-electron chi connectivity index (χ4n) is 2.37. The SMILES string of the molecule is CN1CCC(Oc2ccc(C(C)(C)CO)cc2)CC1. The first-order chi connectivity index (χ1) is 9.01. The molecule has 0 amide bonds. The van der Waals surface area contributed by atoms with Crippen LogP contribution in [0.25, 0.3) is 0 Å². The van der Waals surface area contributed by atoms with Gasteiger partial charge < -0.3 is 14.7 Å². The Morgan fingerprint density at radius 2 is 1.79 bits per heavy atom. The van der Waals surface area contributed by atoms with E-state index in [1.807, 2.05) is 26.0 Å². The van der Waals surface area contributed by atoms with Gasteiger partial charge in [-0.05, 0) is 37.6 Å². The Hall–Kier alpha value is -1.06. The van der Waals surface area contributed by atoms with Crippen molar-refractivity contribution in [3.8, 4) is 5.75 Å². The van der Waals surface area contributed by atoms with E-state index in [4.69, 9.17) is 4.74 Å². The third-order valence-electron chi connectivity index (χ3n) is 4.00. The number of benzene rings is 1. The molecule has 1 fully saturated rings. The van der Waals surface area contributed by atoms with Gasteiger partial charge in [-0.25, -0.2) is 0 Å². The Kier molecular flexibility index (Phi) is 4.48. The summed E-state index contributed by atoms with van der Waals surface area (Å²) < 4.78 is 6.02. The number of nitrogens with zero attached hydrogens (tertiary/aromatic N) is 1. The minimum Gasteiger partial charge on any atom is -0.490 e. The van der Waals surface area contributed by atoms with E-state index in [0.29, 0.717) is 6.10 Å². The van der Waals surface area contributed by atoms with Gasteiger partial charge in [-0.15, -0.1) is 0 Å². The van der Waals surface area contributed by atoms with Crippen LogP contribution in [0.5, 0.6) is 5.75 Å². The van der Waals surface area contributed by atoms with Gasteiger partial charge in [0, 0.05) is 18.5 Å². The molecule has 1 saturated heterocycles. The molecule has 1 aliphatic rings. The van der Waals surface area contributed by atoms with Crippen molar-refractivity contribution >= 4 is 0 Å². The van der Waals surface area contributed by atoms with Crippen molar-refractivity contribution in [3.05, 3.63) is 29.8 Å². The number of aliphatic hydroxyl groups excluding tert-OH is 1. The van der Waals surface area contributed by atoms with Crippen LogP contribution in [0.1, 0.15) is 32.3 Å². The molecule has 19 heavy (non-hydrogen) atoms. The van der Waals surface area contributed by atoms with E-state index in [1.54, 1.807) is 0 Å². The van der Waals surface area contributed by atoms with Crippen molar-refractivity contribution in [2.45, 2.75) is 38.2 Å². The second-order valence-electron chi connectivity index (χ2n) is 6.19. The van der Waals surface area contributed by atoms with Gasteiger partial charge >= 0.3 is 0 Å². The Morgan fingerprint density at radius 3 is 2.32 bits per heavy atom. The summed E-state index contributed by atoms with van der Waals surface area (Å²) in [6.45, 7) is 6.46. The smallest absolute Gasteiger partial charge is 0.119 e. The summed E-state index contributed by atoms with van der Waals surface area (Å²) in [6, 6.07) is 8.15. The summed E-state index contributed by atoms with van der Waals surface area (Å²) in [6.07, 6.45) is 2.54. The van der Waals surface area contributed by atoms with E-state index in [-0.39, 0.29) is 12.0 Å². The number of ether oxygens (including phenoxy) is 1. The fourth-order valence-corrected chi connectivity index (χ4v) is 2.37. The molecule has 0 aromatic heterocycles. The van der Waals surface area contributed by atoms with Crippen LogP contribution in [0.2, 0.25) is 0 Å². The summed E-state index contributed by atoms with van der Waals surface area (Å²) in [5, 5.41) is 9.37. The number of hydrogen-bond acceptors (Lipinski definition) is 3. The first-order valence-electron chi connectivity index (χ1n) is 7.08. The second-order valence-corrected chi connectivity index (χ2v) is 6.19. The Bertz CT molecular complexity index is 392. The molecule has 0 unspecified atom stereocenters. The van der Waals surface area contributed by atoms with Crippen LogP contribution >= 0.6 is 0 Å². The van der Waals surface area contributed by atoms with Crippen molar-refractivity contribution in [2.24, 2.45) is 0 Å². The predicted octanol–water partition coefficient (Wildman–Crippen LogP) is 2.43. The molecule has 1 aromatic carbocycles. The molecule has 1 aliphatic heterocycles. The largest absolute Gasteiger partial charge is 0.490 e. The molecule has 1 aromatic rings. The molecule has 0 atom stereocenters. The summed E-state index contributed by atoms with van der Waals surface area (Å²) in [4.78, 5) is 2.34. The molecule has 2 rings (SSSR count). The van der Waals surface area contributed by atoms with Crippen LogP contribution in [0.4, 0.5) is 0 Å². The molecule has 0 bridgehead atoms. The maximum Gasteiger partial charge on any atom is 0.119 e. The van der Waals surface area contributed by atoms with E-state index in [1.165, 1.54) is 0 Å². The van der Waals surface area contributed by atoms with E-state index in [2.05, 4.69) is 24.1 Å². The summed E-state index contributed by atoms with van der Waals surface area (Å²) in [5.41, 5.74) is 0.956. The van der Waals surface area contributed by atoms with Gasteiger partial charge in [0.15, 0.2) is 0 Å². The molecule has 3 heteroatoms. The highest BCUT2D eigenvalue weighted by molar-refractivity contribution is 5.31. The van der Waals surface area contributed by atoms with Gasteiger partial charge in [0.1, 0.15) is 11.9 Å². The van der Waals surface area contributed by atoms with Crippen molar-refractivity contribution in [1.82, 2.24) is 4.90 Å². The predicted molar refractivity (Wildman–Crippen MR) is 77.7 cm³/mol. The number of piperidine rings is 1. The molecule has 0 spiro atoms. The molecule has 106 valence electrons. The molecule has 1 heterocycles. The van der Waals surface area contributed by atoms with Crippen LogP contribution in [-0.2, 0) is 5.41 Å². The van der Waals surface area contributed by atoms with Crippen LogP contribution in [0, 0.1) is 0 Å². The topological polar surface area (TPSA) is 32.7 Å². The molecule has 0 saturated carbocycles. The normalized spacial score (nSPS) is 18.5. The van der Waals surface area contributed by atoms with Crippen molar-refractivity contribution in [3.63, 3.8) is 0 Å². The van der Waals surface area contributed by atoms with Gasteiger partial charge in [0.2, 0.25) is 0 Å².